The molecule has 0 unspecified atom stereocenters. The van der Waals surface area contributed by atoms with Gasteiger partial charge in [-0.3, -0.25) is 9.78 Å². The van der Waals surface area contributed by atoms with Crippen molar-refractivity contribution < 1.29 is 9.18 Å². The second-order valence-electron chi connectivity index (χ2n) is 3.29. The van der Waals surface area contributed by atoms with Crippen LogP contribution in [0.4, 0.5) is 15.9 Å². The topological polar surface area (TPSA) is 80.9 Å². The number of amides is 1. The lowest BCUT2D eigenvalue weighted by Gasteiger charge is -2.04. The van der Waals surface area contributed by atoms with Crippen LogP contribution in [0.3, 0.4) is 0 Å². The van der Waals surface area contributed by atoms with Gasteiger partial charge in [0, 0.05) is 5.69 Å². The molecule has 86 valence electrons. The van der Waals surface area contributed by atoms with Crippen LogP contribution in [0.15, 0.2) is 36.7 Å². The Labute approximate surface area is 96.5 Å². The molecule has 2 aromatic rings. The number of benzene rings is 1. The summed E-state index contributed by atoms with van der Waals surface area (Å²) in [7, 11) is 0. The second kappa shape index (κ2) is 4.56. The molecule has 0 saturated heterocycles. The Morgan fingerprint density at radius 1 is 1.35 bits per heavy atom. The third kappa shape index (κ3) is 2.75. The van der Waals surface area contributed by atoms with Gasteiger partial charge in [0.2, 0.25) is 0 Å². The van der Waals surface area contributed by atoms with E-state index in [0.717, 1.165) is 0 Å². The second-order valence-corrected chi connectivity index (χ2v) is 3.29. The number of anilines is 2. The average Bonchev–Trinajstić information content (AvgIpc) is 2.29. The lowest BCUT2D eigenvalue weighted by Crippen LogP contribution is -2.14. The van der Waals surface area contributed by atoms with Crippen LogP contribution in [0.5, 0.6) is 0 Å². The van der Waals surface area contributed by atoms with Gasteiger partial charge in [0.15, 0.2) is 0 Å². The fourth-order valence-electron chi connectivity index (χ4n) is 1.25. The van der Waals surface area contributed by atoms with Crippen molar-refractivity contribution in [3.8, 4) is 0 Å². The molecule has 0 aliphatic carbocycles. The van der Waals surface area contributed by atoms with Crippen molar-refractivity contribution in [2.45, 2.75) is 0 Å². The number of nitrogen functional groups attached to an aromatic ring is 1. The lowest BCUT2D eigenvalue weighted by atomic mass is 10.3. The molecule has 0 spiro atoms. The van der Waals surface area contributed by atoms with Gasteiger partial charge < -0.3 is 11.1 Å². The summed E-state index contributed by atoms with van der Waals surface area (Å²) in [5.41, 5.74) is 5.82. The quantitative estimate of drug-likeness (QED) is 0.821. The molecule has 0 radical (unpaired) electrons. The normalized spacial score (nSPS) is 9.94. The van der Waals surface area contributed by atoms with Crippen LogP contribution in [0.25, 0.3) is 0 Å². The van der Waals surface area contributed by atoms with Crippen LogP contribution in [0, 0.1) is 5.82 Å². The maximum absolute atomic E-state index is 12.9. The summed E-state index contributed by atoms with van der Waals surface area (Å²) >= 11 is 0. The van der Waals surface area contributed by atoms with Crippen molar-refractivity contribution >= 4 is 17.4 Å². The third-order valence-corrected chi connectivity index (χ3v) is 1.97. The lowest BCUT2D eigenvalue weighted by molar-refractivity contribution is 0.102. The van der Waals surface area contributed by atoms with Gasteiger partial charge in [-0.25, -0.2) is 9.37 Å². The first-order chi connectivity index (χ1) is 8.15. The molecule has 17 heavy (non-hydrogen) atoms. The van der Waals surface area contributed by atoms with Crippen molar-refractivity contribution in [1.29, 1.82) is 0 Å². The molecule has 0 saturated carbocycles. The average molecular weight is 232 g/mol. The number of hydrogen-bond donors (Lipinski definition) is 2. The minimum Gasteiger partial charge on any atom is -0.382 e. The van der Waals surface area contributed by atoms with Crippen molar-refractivity contribution in [2.24, 2.45) is 0 Å². The summed E-state index contributed by atoms with van der Waals surface area (Å²) < 4.78 is 12.9. The van der Waals surface area contributed by atoms with E-state index in [0.29, 0.717) is 5.69 Å². The zero-order chi connectivity index (χ0) is 12.3. The van der Waals surface area contributed by atoms with E-state index in [-0.39, 0.29) is 11.5 Å². The van der Waals surface area contributed by atoms with Gasteiger partial charge >= 0.3 is 0 Å². The number of nitrogens with zero attached hydrogens (tertiary/aromatic N) is 2. The number of carbonyl (C=O) groups excluding carboxylic acids is 1. The minimum absolute atomic E-state index is 0.0780. The van der Waals surface area contributed by atoms with Gasteiger partial charge in [0.05, 0.1) is 12.4 Å². The molecular weight excluding hydrogens is 223 g/mol. The highest BCUT2D eigenvalue weighted by atomic mass is 19.1. The van der Waals surface area contributed by atoms with Crippen LogP contribution < -0.4 is 11.1 Å². The zero-order valence-electron chi connectivity index (χ0n) is 8.72. The number of halogens is 1. The van der Waals surface area contributed by atoms with Crippen LogP contribution >= 0.6 is 0 Å². The number of aromatic nitrogens is 2. The van der Waals surface area contributed by atoms with E-state index in [4.69, 9.17) is 5.73 Å². The molecular formula is C11H9FN4O. The summed E-state index contributed by atoms with van der Waals surface area (Å²) in [6.45, 7) is 0. The van der Waals surface area contributed by atoms with Gasteiger partial charge in [-0.1, -0.05) is 6.07 Å². The van der Waals surface area contributed by atoms with Gasteiger partial charge in [-0.2, -0.15) is 0 Å². The van der Waals surface area contributed by atoms with E-state index in [1.165, 1.54) is 30.6 Å². The van der Waals surface area contributed by atoms with Gasteiger partial charge in [0.1, 0.15) is 17.3 Å². The van der Waals surface area contributed by atoms with E-state index < -0.39 is 11.7 Å². The first-order valence-corrected chi connectivity index (χ1v) is 4.79. The Morgan fingerprint density at radius 2 is 2.18 bits per heavy atom. The van der Waals surface area contributed by atoms with Crippen molar-refractivity contribution in [1.82, 2.24) is 9.97 Å². The van der Waals surface area contributed by atoms with E-state index in [1.807, 2.05) is 0 Å². The molecule has 0 bridgehead atoms. The first-order valence-electron chi connectivity index (χ1n) is 4.79. The van der Waals surface area contributed by atoms with Crippen molar-refractivity contribution in [2.75, 3.05) is 11.1 Å². The SMILES string of the molecule is Nc1cncc(C(=O)Nc2cccc(F)c2)n1. The van der Waals surface area contributed by atoms with Gasteiger partial charge in [-0.15, -0.1) is 0 Å². The summed E-state index contributed by atoms with van der Waals surface area (Å²) in [4.78, 5) is 19.2. The van der Waals surface area contributed by atoms with Crippen LogP contribution in [0.1, 0.15) is 10.5 Å². The molecule has 1 aromatic carbocycles. The summed E-state index contributed by atoms with van der Waals surface area (Å²) in [6.07, 6.45) is 2.62. The summed E-state index contributed by atoms with van der Waals surface area (Å²) in [5.74, 6) is -0.770. The van der Waals surface area contributed by atoms with Gasteiger partial charge in [0.25, 0.3) is 5.91 Å². The van der Waals surface area contributed by atoms with Crippen LogP contribution in [-0.2, 0) is 0 Å². The van der Waals surface area contributed by atoms with Gasteiger partial charge in [-0.05, 0) is 18.2 Å². The standard InChI is InChI=1S/C11H9FN4O/c12-7-2-1-3-8(4-7)15-11(17)9-5-14-6-10(13)16-9/h1-6H,(H2,13,16)(H,15,17). The maximum Gasteiger partial charge on any atom is 0.275 e. The Balaban J connectivity index is 2.17. The highest BCUT2D eigenvalue weighted by Gasteiger charge is 2.08. The molecule has 0 atom stereocenters. The first kappa shape index (κ1) is 11.0. The minimum atomic E-state index is -0.490. The smallest absolute Gasteiger partial charge is 0.275 e. The third-order valence-electron chi connectivity index (χ3n) is 1.97. The van der Waals surface area contributed by atoms with Crippen LogP contribution in [-0.4, -0.2) is 15.9 Å². The summed E-state index contributed by atoms with van der Waals surface area (Å²) in [5, 5.41) is 2.49. The van der Waals surface area contributed by atoms with E-state index in [1.54, 1.807) is 6.07 Å². The highest BCUT2D eigenvalue weighted by Crippen LogP contribution is 2.10. The molecule has 2 rings (SSSR count). The Hall–Kier alpha value is -2.50. The fourth-order valence-corrected chi connectivity index (χ4v) is 1.25. The molecule has 5 nitrogen and oxygen atoms in total. The Kier molecular flexibility index (Phi) is 2.95. The number of hydrogen-bond acceptors (Lipinski definition) is 4. The molecule has 1 amide bonds. The number of nitrogens with two attached hydrogens (primary N) is 1. The highest BCUT2D eigenvalue weighted by molar-refractivity contribution is 6.02. The predicted molar refractivity (Wildman–Crippen MR) is 60.8 cm³/mol. The molecule has 3 N–H and O–H groups in total. The predicted octanol–water partition coefficient (Wildman–Crippen LogP) is 1.45. The fraction of sp³-hybridized carbons (Fsp3) is 0. The van der Waals surface area contributed by atoms with Crippen molar-refractivity contribution in [3.05, 3.63) is 48.2 Å². The number of rotatable bonds is 2. The van der Waals surface area contributed by atoms with Crippen molar-refractivity contribution in [3.63, 3.8) is 0 Å². The molecule has 1 aromatic heterocycles. The zero-order valence-corrected chi connectivity index (χ0v) is 8.72. The Bertz CT molecular complexity index is 559. The van der Waals surface area contributed by atoms with E-state index >= 15 is 0 Å². The summed E-state index contributed by atoms with van der Waals surface area (Å²) in [6, 6.07) is 5.56. The monoisotopic (exact) mass is 232 g/mol. The van der Waals surface area contributed by atoms with E-state index in [9.17, 15) is 9.18 Å². The number of carbonyl (C=O) groups is 1. The van der Waals surface area contributed by atoms with Crippen LogP contribution in [0.2, 0.25) is 0 Å². The molecule has 0 aliphatic heterocycles. The molecule has 0 fully saturated rings. The molecule has 1 heterocycles. The number of nitrogens with one attached hydrogen (secondary N) is 1. The molecule has 0 aliphatic rings. The Morgan fingerprint density at radius 3 is 2.88 bits per heavy atom. The molecule has 6 heteroatoms. The van der Waals surface area contributed by atoms with E-state index in [2.05, 4.69) is 15.3 Å². The maximum atomic E-state index is 12.9. The largest absolute Gasteiger partial charge is 0.382 e.